The third-order valence-corrected chi connectivity index (χ3v) is 4.15. The summed E-state index contributed by atoms with van der Waals surface area (Å²) in [7, 11) is 0. The van der Waals surface area contributed by atoms with Crippen molar-refractivity contribution in [3.8, 4) is 0 Å². The van der Waals surface area contributed by atoms with E-state index in [1.165, 1.54) is 38.6 Å². The third kappa shape index (κ3) is 2.71. The fraction of sp³-hybridized carbons (Fsp3) is 1.00. The van der Waals surface area contributed by atoms with Crippen molar-refractivity contribution < 1.29 is 5.11 Å². The Kier molecular flexibility index (Phi) is 4.00. The van der Waals surface area contributed by atoms with Gasteiger partial charge >= 0.3 is 0 Å². The van der Waals surface area contributed by atoms with Crippen molar-refractivity contribution in [3.63, 3.8) is 0 Å². The molecule has 15 heavy (non-hydrogen) atoms. The van der Waals surface area contributed by atoms with Gasteiger partial charge in [0.25, 0.3) is 0 Å². The summed E-state index contributed by atoms with van der Waals surface area (Å²) in [6, 6.07) is 0.823. The van der Waals surface area contributed by atoms with Crippen LogP contribution in [0.3, 0.4) is 0 Å². The van der Waals surface area contributed by atoms with E-state index in [-0.39, 0.29) is 6.10 Å². The summed E-state index contributed by atoms with van der Waals surface area (Å²) in [5, 5.41) is 9.46. The van der Waals surface area contributed by atoms with Crippen molar-refractivity contribution in [1.29, 1.82) is 0 Å². The molecule has 1 aliphatic heterocycles. The summed E-state index contributed by atoms with van der Waals surface area (Å²) in [4.78, 5) is 2.59. The fourth-order valence-electron chi connectivity index (χ4n) is 3.21. The maximum absolute atomic E-state index is 9.46. The minimum absolute atomic E-state index is 0.298. The van der Waals surface area contributed by atoms with Crippen molar-refractivity contribution in [2.75, 3.05) is 19.6 Å². The normalized spacial score (nSPS) is 34.0. The molecule has 3 atom stereocenters. The number of hydrogen-bond acceptors (Lipinski definition) is 3. The van der Waals surface area contributed by atoms with Gasteiger partial charge in [0.1, 0.15) is 0 Å². The Morgan fingerprint density at radius 1 is 1.27 bits per heavy atom. The van der Waals surface area contributed by atoms with E-state index in [2.05, 4.69) is 4.90 Å². The lowest BCUT2D eigenvalue weighted by Crippen LogP contribution is -2.37. The minimum atomic E-state index is -0.298. The van der Waals surface area contributed by atoms with Crippen molar-refractivity contribution >= 4 is 0 Å². The second-order valence-electron chi connectivity index (χ2n) is 5.11. The molecule has 3 nitrogen and oxygen atoms in total. The zero-order valence-corrected chi connectivity index (χ0v) is 9.57. The average molecular weight is 212 g/mol. The Morgan fingerprint density at radius 2 is 2.07 bits per heavy atom. The highest BCUT2D eigenvalue weighted by Crippen LogP contribution is 2.35. The molecule has 1 heterocycles. The quantitative estimate of drug-likeness (QED) is 0.730. The number of likely N-dealkylation sites (tertiary alicyclic amines) is 1. The summed E-state index contributed by atoms with van der Waals surface area (Å²) in [6.07, 6.45) is 7.57. The predicted molar refractivity (Wildman–Crippen MR) is 61.6 cm³/mol. The van der Waals surface area contributed by atoms with Gasteiger partial charge in [0.05, 0.1) is 6.10 Å². The van der Waals surface area contributed by atoms with Crippen molar-refractivity contribution in [1.82, 2.24) is 4.90 Å². The number of aliphatic hydroxyl groups excluding tert-OH is 1. The van der Waals surface area contributed by atoms with Gasteiger partial charge in [0.2, 0.25) is 0 Å². The van der Waals surface area contributed by atoms with Crippen molar-refractivity contribution in [2.45, 2.75) is 50.7 Å². The lowest BCUT2D eigenvalue weighted by Gasteiger charge is -2.32. The van der Waals surface area contributed by atoms with Gasteiger partial charge < -0.3 is 15.7 Å². The Bertz CT molecular complexity index is 198. The second kappa shape index (κ2) is 5.28. The number of rotatable bonds is 4. The molecule has 1 aliphatic carbocycles. The zero-order chi connectivity index (χ0) is 10.7. The second-order valence-corrected chi connectivity index (χ2v) is 5.11. The van der Waals surface area contributed by atoms with Crippen LogP contribution in [0.2, 0.25) is 0 Å². The molecule has 1 saturated heterocycles. The van der Waals surface area contributed by atoms with Crippen LogP contribution in [0.15, 0.2) is 0 Å². The average Bonchev–Trinajstić information content (AvgIpc) is 2.69. The monoisotopic (exact) mass is 212 g/mol. The summed E-state index contributed by atoms with van der Waals surface area (Å²) in [6.45, 7) is 2.69. The van der Waals surface area contributed by atoms with Gasteiger partial charge in [-0.15, -0.1) is 0 Å². The highest BCUT2D eigenvalue weighted by Gasteiger charge is 2.35. The predicted octanol–water partition coefficient (Wildman–Crippen LogP) is 0.961. The third-order valence-electron chi connectivity index (χ3n) is 4.15. The van der Waals surface area contributed by atoms with E-state index in [1.54, 1.807) is 0 Å². The lowest BCUT2D eigenvalue weighted by atomic mass is 9.85. The van der Waals surface area contributed by atoms with Gasteiger partial charge in [0, 0.05) is 19.1 Å². The Labute approximate surface area is 92.6 Å². The van der Waals surface area contributed by atoms with Gasteiger partial charge in [-0.3, -0.25) is 0 Å². The molecule has 3 heteroatoms. The van der Waals surface area contributed by atoms with E-state index in [0.29, 0.717) is 6.54 Å². The molecular formula is C12H24N2O. The SMILES string of the molecule is NCC(O)CCN1CCC2CCCCC21. The molecule has 2 rings (SSSR count). The van der Waals surface area contributed by atoms with E-state index >= 15 is 0 Å². The fourth-order valence-corrected chi connectivity index (χ4v) is 3.21. The van der Waals surface area contributed by atoms with Crippen LogP contribution in [-0.4, -0.2) is 41.8 Å². The van der Waals surface area contributed by atoms with Crippen LogP contribution in [0.4, 0.5) is 0 Å². The Hall–Kier alpha value is -0.120. The highest BCUT2D eigenvalue weighted by atomic mass is 16.3. The topological polar surface area (TPSA) is 49.5 Å². The molecule has 0 bridgehead atoms. The van der Waals surface area contributed by atoms with E-state index in [4.69, 9.17) is 5.73 Å². The van der Waals surface area contributed by atoms with E-state index in [9.17, 15) is 5.11 Å². The van der Waals surface area contributed by atoms with E-state index < -0.39 is 0 Å². The van der Waals surface area contributed by atoms with Gasteiger partial charge in [-0.1, -0.05) is 12.8 Å². The number of nitrogens with zero attached hydrogens (tertiary/aromatic N) is 1. The maximum atomic E-state index is 9.46. The zero-order valence-electron chi connectivity index (χ0n) is 9.57. The molecule has 0 radical (unpaired) electrons. The molecule has 2 aliphatic rings. The molecule has 0 aromatic carbocycles. The van der Waals surface area contributed by atoms with Gasteiger partial charge in [-0.25, -0.2) is 0 Å². The first-order chi connectivity index (χ1) is 7.31. The molecule has 3 unspecified atom stereocenters. The van der Waals surface area contributed by atoms with E-state index in [0.717, 1.165) is 24.9 Å². The Morgan fingerprint density at radius 3 is 2.87 bits per heavy atom. The molecule has 0 spiro atoms. The molecule has 3 N–H and O–H groups in total. The minimum Gasteiger partial charge on any atom is -0.392 e. The van der Waals surface area contributed by atoms with Gasteiger partial charge in [0.15, 0.2) is 0 Å². The van der Waals surface area contributed by atoms with Gasteiger partial charge in [-0.05, 0) is 38.1 Å². The maximum Gasteiger partial charge on any atom is 0.0674 e. The number of aliphatic hydroxyl groups is 1. The summed E-state index contributed by atoms with van der Waals surface area (Å²) >= 11 is 0. The molecular weight excluding hydrogens is 188 g/mol. The summed E-state index contributed by atoms with van der Waals surface area (Å²) in [5.41, 5.74) is 5.42. The molecule has 0 aromatic rings. The molecule has 88 valence electrons. The van der Waals surface area contributed by atoms with Crippen LogP contribution >= 0.6 is 0 Å². The highest BCUT2D eigenvalue weighted by molar-refractivity contribution is 4.89. The van der Waals surface area contributed by atoms with Crippen molar-refractivity contribution in [3.05, 3.63) is 0 Å². The first-order valence-corrected chi connectivity index (χ1v) is 6.43. The van der Waals surface area contributed by atoms with Crippen LogP contribution in [0, 0.1) is 5.92 Å². The first kappa shape index (κ1) is 11.4. The largest absolute Gasteiger partial charge is 0.392 e. The standard InChI is InChI=1S/C12H24N2O/c13-9-11(15)6-8-14-7-5-10-3-1-2-4-12(10)14/h10-12,15H,1-9,13H2. The molecule has 0 aromatic heterocycles. The number of hydrogen-bond donors (Lipinski definition) is 2. The Balaban J connectivity index is 1.78. The smallest absolute Gasteiger partial charge is 0.0674 e. The van der Waals surface area contributed by atoms with Gasteiger partial charge in [-0.2, -0.15) is 0 Å². The van der Waals surface area contributed by atoms with Crippen molar-refractivity contribution in [2.24, 2.45) is 11.7 Å². The van der Waals surface area contributed by atoms with Crippen LogP contribution < -0.4 is 5.73 Å². The summed E-state index contributed by atoms with van der Waals surface area (Å²) < 4.78 is 0. The molecule has 0 amide bonds. The summed E-state index contributed by atoms with van der Waals surface area (Å²) in [5.74, 6) is 0.953. The lowest BCUT2D eigenvalue weighted by molar-refractivity contribution is 0.127. The van der Waals surface area contributed by atoms with Crippen LogP contribution in [-0.2, 0) is 0 Å². The number of nitrogens with two attached hydrogens (primary N) is 1. The first-order valence-electron chi connectivity index (χ1n) is 6.43. The number of fused-ring (bicyclic) bond motifs is 1. The van der Waals surface area contributed by atoms with E-state index in [1.807, 2.05) is 0 Å². The molecule has 2 fully saturated rings. The van der Waals surface area contributed by atoms with Crippen LogP contribution in [0.25, 0.3) is 0 Å². The molecule has 1 saturated carbocycles. The van der Waals surface area contributed by atoms with Crippen LogP contribution in [0.1, 0.15) is 38.5 Å². The van der Waals surface area contributed by atoms with Crippen LogP contribution in [0.5, 0.6) is 0 Å².